The van der Waals surface area contributed by atoms with E-state index in [-0.39, 0.29) is 0 Å². The molecule has 0 atom stereocenters. The Kier molecular flexibility index (Phi) is 3.22. The van der Waals surface area contributed by atoms with Gasteiger partial charge in [0.15, 0.2) is 11.5 Å². The minimum absolute atomic E-state index is 0.308. The Hall–Kier alpha value is -2.23. The molecule has 4 nitrogen and oxygen atoms in total. The molecular weight excluding hydrogens is 250 g/mol. The molecule has 0 aliphatic heterocycles. The lowest BCUT2D eigenvalue weighted by atomic mass is 10.2. The fourth-order valence-corrected chi connectivity index (χ4v) is 2.17. The molecular formula is C16H19N3O. The molecule has 1 N–H and O–H groups in total. The van der Waals surface area contributed by atoms with E-state index in [4.69, 9.17) is 4.42 Å². The summed E-state index contributed by atoms with van der Waals surface area (Å²) in [5.41, 5.74) is 4.05. The van der Waals surface area contributed by atoms with Crippen molar-refractivity contribution in [3.8, 4) is 0 Å². The SMILES string of the molecule is CC(C)c1nc2cc(NCc3cccn3C)ccc2o1. The lowest BCUT2D eigenvalue weighted by Gasteiger charge is -2.07. The highest BCUT2D eigenvalue weighted by Gasteiger charge is 2.09. The number of aryl methyl sites for hydroxylation is 1. The molecule has 0 aliphatic carbocycles. The fraction of sp³-hybridized carbons (Fsp3) is 0.312. The molecule has 0 unspecified atom stereocenters. The number of aromatic nitrogens is 2. The first-order chi connectivity index (χ1) is 9.63. The van der Waals surface area contributed by atoms with E-state index in [1.54, 1.807) is 0 Å². The van der Waals surface area contributed by atoms with Crippen molar-refractivity contribution < 1.29 is 4.42 Å². The molecule has 4 heteroatoms. The topological polar surface area (TPSA) is 43.0 Å². The van der Waals surface area contributed by atoms with Crippen molar-refractivity contribution in [2.45, 2.75) is 26.3 Å². The van der Waals surface area contributed by atoms with E-state index in [9.17, 15) is 0 Å². The second-order valence-electron chi connectivity index (χ2n) is 5.35. The summed E-state index contributed by atoms with van der Waals surface area (Å²) >= 11 is 0. The summed E-state index contributed by atoms with van der Waals surface area (Å²) in [6.45, 7) is 4.96. The van der Waals surface area contributed by atoms with Crippen LogP contribution in [0.2, 0.25) is 0 Å². The van der Waals surface area contributed by atoms with E-state index in [1.807, 2.05) is 37.5 Å². The Morgan fingerprint density at radius 1 is 1.30 bits per heavy atom. The third kappa shape index (κ3) is 2.41. The predicted molar refractivity (Wildman–Crippen MR) is 80.8 cm³/mol. The molecule has 3 rings (SSSR count). The van der Waals surface area contributed by atoms with Gasteiger partial charge in [-0.25, -0.2) is 4.98 Å². The Bertz CT molecular complexity index is 724. The van der Waals surface area contributed by atoms with E-state index in [2.05, 4.69) is 34.8 Å². The van der Waals surface area contributed by atoms with Gasteiger partial charge in [0.1, 0.15) is 5.52 Å². The zero-order valence-corrected chi connectivity index (χ0v) is 12.1. The standard InChI is InChI=1S/C16H19N3O/c1-11(2)16-18-14-9-12(6-7-15(14)20-16)17-10-13-5-4-8-19(13)3/h4-9,11,17H,10H2,1-3H3. The number of hydrogen-bond acceptors (Lipinski definition) is 3. The Morgan fingerprint density at radius 2 is 2.15 bits per heavy atom. The van der Waals surface area contributed by atoms with Crippen LogP contribution in [0.1, 0.15) is 31.4 Å². The number of oxazole rings is 1. The van der Waals surface area contributed by atoms with Gasteiger partial charge in [-0.15, -0.1) is 0 Å². The van der Waals surface area contributed by atoms with Crippen LogP contribution in [0.3, 0.4) is 0 Å². The van der Waals surface area contributed by atoms with E-state index < -0.39 is 0 Å². The van der Waals surface area contributed by atoms with Gasteiger partial charge in [0.2, 0.25) is 0 Å². The summed E-state index contributed by atoms with van der Waals surface area (Å²) in [6.07, 6.45) is 2.05. The first kappa shape index (κ1) is 12.8. The van der Waals surface area contributed by atoms with E-state index in [1.165, 1.54) is 5.69 Å². The number of fused-ring (bicyclic) bond motifs is 1. The van der Waals surface area contributed by atoms with Gasteiger partial charge >= 0.3 is 0 Å². The van der Waals surface area contributed by atoms with Gasteiger partial charge in [0, 0.05) is 30.5 Å². The normalized spacial score (nSPS) is 11.4. The number of nitrogens with one attached hydrogen (secondary N) is 1. The maximum absolute atomic E-state index is 5.71. The zero-order chi connectivity index (χ0) is 14.1. The highest BCUT2D eigenvalue weighted by atomic mass is 16.3. The van der Waals surface area contributed by atoms with E-state index >= 15 is 0 Å². The van der Waals surface area contributed by atoms with Gasteiger partial charge in [-0.05, 0) is 30.3 Å². The maximum atomic E-state index is 5.71. The molecule has 2 heterocycles. The molecule has 1 aromatic carbocycles. The van der Waals surface area contributed by atoms with Crippen LogP contribution in [0.5, 0.6) is 0 Å². The first-order valence-electron chi connectivity index (χ1n) is 6.88. The summed E-state index contributed by atoms with van der Waals surface area (Å²) in [4.78, 5) is 4.52. The van der Waals surface area contributed by atoms with Crippen LogP contribution < -0.4 is 5.32 Å². The summed E-state index contributed by atoms with van der Waals surface area (Å²) in [5.74, 6) is 1.10. The van der Waals surface area contributed by atoms with Gasteiger partial charge in [-0.1, -0.05) is 13.8 Å². The minimum atomic E-state index is 0.308. The summed E-state index contributed by atoms with van der Waals surface area (Å²) in [5, 5.41) is 3.42. The summed E-state index contributed by atoms with van der Waals surface area (Å²) < 4.78 is 7.82. The van der Waals surface area contributed by atoms with Gasteiger partial charge in [-0.3, -0.25) is 0 Å². The van der Waals surface area contributed by atoms with Gasteiger partial charge < -0.3 is 14.3 Å². The number of anilines is 1. The fourth-order valence-electron chi connectivity index (χ4n) is 2.17. The van der Waals surface area contributed by atoms with Crippen molar-refractivity contribution in [1.29, 1.82) is 0 Å². The lowest BCUT2D eigenvalue weighted by molar-refractivity contribution is 0.501. The van der Waals surface area contributed by atoms with Crippen LogP contribution in [0.15, 0.2) is 40.9 Å². The molecule has 3 aromatic rings. The number of hydrogen-bond donors (Lipinski definition) is 1. The largest absolute Gasteiger partial charge is 0.440 e. The van der Waals surface area contributed by atoms with Crippen molar-refractivity contribution >= 4 is 16.8 Å². The quantitative estimate of drug-likeness (QED) is 0.781. The van der Waals surface area contributed by atoms with Gasteiger partial charge in [-0.2, -0.15) is 0 Å². The molecule has 0 spiro atoms. The van der Waals surface area contributed by atoms with Crippen LogP contribution in [0, 0.1) is 0 Å². The van der Waals surface area contributed by atoms with Crippen LogP contribution in [-0.4, -0.2) is 9.55 Å². The molecule has 0 bridgehead atoms. The van der Waals surface area contributed by atoms with Gasteiger partial charge in [0.05, 0.1) is 6.54 Å². The molecule has 0 amide bonds. The monoisotopic (exact) mass is 269 g/mol. The second-order valence-corrected chi connectivity index (χ2v) is 5.35. The average molecular weight is 269 g/mol. The first-order valence-corrected chi connectivity index (χ1v) is 6.88. The third-order valence-electron chi connectivity index (χ3n) is 3.42. The molecule has 0 aliphatic rings. The Labute approximate surface area is 118 Å². The van der Waals surface area contributed by atoms with Crippen molar-refractivity contribution in [2.75, 3.05) is 5.32 Å². The smallest absolute Gasteiger partial charge is 0.198 e. The average Bonchev–Trinajstić information content (AvgIpc) is 3.01. The molecule has 0 fully saturated rings. The van der Waals surface area contributed by atoms with E-state index in [0.29, 0.717) is 5.92 Å². The highest BCUT2D eigenvalue weighted by molar-refractivity contribution is 5.77. The Morgan fingerprint density at radius 3 is 2.85 bits per heavy atom. The molecule has 0 saturated carbocycles. The second kappa shape index (κ2) is 5.04. The maximum Gasteiger partial charge on any atom is 0.198 e. The Balaban J connectivity index is 1.80. The third-order valence-corrected chi connectivity index (χ3v) is 3.42. The van der Waals surface area contributed by atoms with Crippen molar-refractivity contribution in [1.82, 2.24) is 9.55 Å². The number of nitrogens with zero attached hydrogens (tertiary/aromatic N) is 2. The van der Waals surface area contributed by atoms with Crippen LogP contribution >= 0.6 is 0 Å². The van der Waals surface area contributed by atoms with E-state index in [0.717, 1.165) is 29.2 Å². The van der Waals surface area contributed by atoms with Gasteiger partial charge in [0.25, 0.3) is 0 Å². The minimum Gasteiger partial charge on any atom is -0.440 e. The van der Waals surface area contributed by atoms with Crippen molar-refractivity contribution in [2.24, 2.45) is 7.05 Å². The molecule has 0 saturated heterocycles. The molecule has 104 valence electrons. The number of benzene rings is 1. The van der Waals surface area contributed by atoms with Crippen LogP contribution in [-0.2, 0) is 13.6 Å². The molecule has 0 radical (unpaired) electrons. The highest BCUT2D eigenvalue weighted by Crippen LogP contribution is 2.23. The predicted octanol–water partition coefficient (Wildman–Crippen LogP) is 3.90. The summed E-state index contributed by atoms with van der Waals surface area (Å²) in [7, 11) is 2.05. The zero-order valence-electron chi connectivity index (χ0n) is 12.1. The van der Waals surface area contributed by atoms with Crippen LogP contribution in [0.4, 0.5) is 5.69 Å². The van der Waals surface area contributed by atoms with Crippen molar-refractivity contribution in [3.05, 3.63) is 48.1 Å². The van der Waals surface area contributed by atoms with Crippen molar-refractivity contribution in [3.63, 3.8) is 0 Å². The lowest BCUT2D eigenvalue weighted by Crippen LogP contribution is -2.03. The number of rotatable bonds is 4. The summed E-state index contributed by atoms with van der Waals surface area (Å²) in [6, 6.07) is 10.2. The molecule has 20 heavy (non-hydrogen) atoms. The van der Waals surface area contributed by atoms with Crippen LogP contribution in [0.25, 0.3) is 11.1 Å². The molecule has 2 aromatic heterocycles.